The number of carbonyl (C=O) groups excluding carboxylic acids is 1. The largest absolute Gasteiger partial charge is 0.501 e. The summed E-state index contributed by atoms with van der Waals surface area (Å²) >= 11 is 2.87. The first-order valence-electron chi connectivity index (χ1n) is 11.9. The average Bonchev–Trinajstić information content (AvgIpc) is 3.47. The number of alkyl halides is 3. The minimum atomic E-state index is -5.45. The number of sulfone groups is 1. The number of ether oxygens (including phenoxy) is 1. The molecule has 0 radical (unpaired) electrons. The van der Waals surface area contributed by atoms with Crippen molar-refractivity contribution in [3.63, 3.8) is 0 Å². The Hall–Kier alpha value is -2.39. The number of aryl methyl sites for hydroxylation is 2. The molecule has 1 amide bonds. The minimum absolute atomic E-state index is 0.114. The number of benzene rings is 1. The zero-order valence-corrected chi connectivity index (χ0v) is 23.3. The number of halogens is 3. The van der Waals surface area contributed by atoms with Crippen LogP contribution in [-0.4, -0.2) is 74.1 Å². The molecule has 0 spiro atoms. The number of nitrogens with zero attached hydrogens (tertiary/aromatic N) is 4. The highest BCUT2D eigenvalue weighted by atomic mass is 32.2. The summed E-state index contributed by atoms with van der Waals surface area (Å²) in [6.45, 7) is 8.01. The molecule has 0 unspecified atom stereocenters. The van der Waals surface area contributed by atoms with Gasteiger partial charge in [0, 0.05) is 31.6 Å². The lowest BCUT2D eigenvalue weighted by molar-refractivity contribution is -0.118. The van der Waals surface area contributed by atoms with Crippen molar-refractivity contribution in [3.8, 4) is 10.6 Å². The van der Waals surface area contributed by atoms with Gasteiger partial charge >= 0.3 is 5.51 Å². The van der Waals surface area contributed by atoms with E-state index in [2.05, 4.69) is 9.88 Å². The van der Waals surface area contributed by atoms with E-state index in [0.717, 1.165) is 53.0 Å². The van der Waals surface area contributed by atoms with E-state index in [1.165, 1.54) is 34.8 Å². The van der Waals surface area contributed by atoms with Crippen molar-refractivity contribution in [1.29, 1.82) is 0 Å². The predicted molar refractivity (Wildman–Crippen MR) is 140 cm³/mol. The zero-order valence-electron chi connectivity index (χ0n) is 20.8. The summed E-state index contributed by atoms with van der Waals surface area (Å²) in [6, 6.07) is 4.23. The van der Waals surface area contributed by atoms with E-state index in [1.807, 2.05) is 19.2 Å². The third kappa shape index (κ3) is 6.60. The van der Waals surface area contributed by atoms with Crippen LogP contribution < -0.4 is 4.90 Å². The van der Waals surface area contributed by atoms with Crippen LogP contribution in [0.4, 0.5) is 18.3 Å². The fourth-order valence-corrected chi connectivity index (χ4v) is 6.63. The second-order valence-electron chi connectivity index (χ2n) is 8.79. The smallest absolute Gasteiger partial charge is 0.379 e. The van der Waals surface area contributed by atoms with Gasteiger partial charge in [0.05, 0.1) is 45.8 Å². The Morgan fingerprint density at radius 3 is 2.42 bits per heavy atom. The SMILES string of the molecule is Cc1nc(C)c(-c2csc(N(CCCN3CCOCC3)C(=O)Cc3ccc(S(=O)(=O)C(F)(F)F)cc3)n2)s1. The standard InChI is InChI=1S/C24H27F3N4O4S3/c1-16-22(37-17(2)28-16)20-15-36-23(29-20)31(9-3-8-30-10-12-35-13-11-30)21(32)14-18-4-6-19(7-5-18)38(33,34)24(25,26)27/h4-7,15H,3,8-14H2,1-2H3. The molecule has 3 aromatic rings. The van der Waals surface area contributed by atoms with Gasteiger partial charge in [-0.1, -0.05) is 12.1 Å². The van der Waals surface area contributed by atoms with E-state index in [-0.39, 0.29) is 12.3 Å². The van der Waals surface area contributed by atoms with Crippen LogP contribution in [-0.2, 0) is 25.8 Å². The second kappa shape index (κ2) is 11.8. The minimum Gasteiger partial charge on any atom is -0.379 e. The Morgan fingerprint density at radius 2 is 1.82 bits per heavy atom. The third-order valence-electron chi connectivity index (χ3n) is 6.01. The summed E-state index contributed by atoms with van der Waals surface area (Å²) in [5, 5.41) is 3.32. The van der Waals surface area contributed by atoms with Crippen LogP contribution in [0, 0.1) is 13.8 Å². The topological polar surface area (TPSA) is 92.7 Å². The van der Waals surface area contributed by atoms with Crippen LogP contribution in [0.5, 0.6) is 0 Å². The molecule has 4 rings (SSSR count). The molecule has 0 bridgehead atoms. The van der Waals surface area contributed by atoms with Gasteiger partial charge in [-0.3, -0.25) is 14.6 Å². The van der Waals surface area contributed by atoms with Gasteiger partial charge in [0.1, 0.15) is 0 Å². The van der Waals surface area contributed by atoms with Crippen LogP contribution in [0.25, 0.3) is 10.6 Å². The van der Waals surface area contributed by atoms with Crippen molar-refractivity contribution >= 4 is 43.5 Å². The molecule has 206 valence electrons. The highest BCUT2D eigenvalue weighted by molar-refractivity contribution is 7.92. The molecule has 0 N–H and O–H groups in total. The van der Waals surface area contributed by atoms with Crippen molar-refractivity contribution in [1.82, 2.24) is 14.9 Å². The molecule has 2 aromatic heterocycles. The Kier molecular flexibility index (Phi) is 8.87. The summed E-state index contributed by atoms with van der Waals surface area (Å²) in [4.78, 5) is 26.5. The van der Waals surface area contributed by atoms with Crippen LogP contribution in [0.2, 0.25) is 0 Å². The van der Waals surface area contributed by atoms with Crippen molar-refractivity contribution in [2.24, 2.45) is 0 Å². The van der Waals surface area contributed by atoms with Gasteiger partial charge in [0.25, 0.3) is 9.84 Å². The molecule has 1 fully saturated rings. The Balaban J connectivity index is 1.52. The summed E-state index contributed by atoms with van der Waals surface area (Å²) < 4.78 is 67.3. The van der Waals surface area contributed by atoms with Gasteiger partial charge < -0.3 is 4.74 Å². The van der Waals surface area contributed by atoms with E-state index in [4.69, 9.17) is 9.72 Å². The molecule has 1 saturated heterocycles. The number of hydrogen-bond acceptors (Lipinski definition) is 9. The molecular weight excluding hydrogens is 561 g/mol. The number of anilines is 1. The quantitative estimate of drug-likeness (QED) is 0.364. The Bertz CT molecular complexity index is 1370. The number of amides is 1. The lowest BCUT2D eigenvalue weighted by Crippen LogP contribution is -2.39. The van der Waals surface area contributed by atoms with Gasteiger partial charge in [-0.2, -0.15) is 13.2 Å². The van der Waals surface area contributed by atoms with Gasteiger partial charge in [0.2, 0.25) is 5.91 Å². The van der Waals surface area contributed by atoms with Crippen molar-refractivity contribution in [2.75, 3.05) is 44.3 Å². The maximum Gasteiger partial charge on any atom is 0.501 e. The maximum atomic E-state index is 13.4. The molecule has 8 nitrogen and oxygen atoms in total. The number of morpholine rings is 1. The summed E-state index contributed by atoms with van der Waals surface area (Å²) in [6.07, 6.45) is 0.583. The number of rotatable bonds is 9. The molecule has 0 saturated carbocycles. The number of carbonyl (C=O) groups is 1. The second-order valence-corrected chi connectivity index (χ2v) is 12.8. The van der Waals surface area contributed by atoms with E-state index >= 15 is 0 Å². The van der Waals surface area contributed by atoms with Crippen molar-refractivity contribution in [3.05, 3.63) is 45.9 Å². The Morgan fingerprint density at radius 1 is 1.13 bits per heavy atom. The van der Waals surface area contributed by atoms with Crippen LogP contribution in [0.1, 0.15) is 22.7 Å². The first-order valence-corrected chi connectivity index (χ1v) is 15.0. The molecule has 14 heteroatoms. The Labute approximate surface area is 227 Å². The molecular formula is C24H27F3N4O4S3. The third-order valence-corrected chi connectivity index (χ3v) is 9.47. The average molecular weight is 589 g/mol. The normalized spacial score (nSPS) is 15.1. The van der Waals surface area contributed by atoms with Crippen LogP contribution >= 0.6 is 22.7 Å². The summed E-state index contributed by atoms with van der Waals surface area (Å²) in [7, 11) is -5.45. The number of thiazole rings is 2. The number of aromatic nitrogens is 2. The number of hydrogen-bond donors (Lipinski definition) is 0. The highest BCUT2D eigenvalue weighted by Crippen LogP contribution is 2.34. The fourth-order valence-electron chi connectivity index (χ4n) is 4.06. The molecule has 38 heavy (non-hydrogen) atoms. The van der Waals surface area contributed by atoms with Gasteiger partial charge in [-0.15, -0.1) is 22.7 Å². The lowest BCUT2D eigenvalue weighted by Gasteiger charge is -2.27. The first kappa shape index (κ1) is 28.6. The van der Waals surface area contributed by atoms with Crippen LogP contribution in [0.3, 0.4) is 0 Å². The molecule has 1 aliphatic rings. The van der Waals surface area contributed by atoms with Crippen molar-refractivity contribution < 1.29 is 31.1 Å². The van der Waals surface area contributed by atoms with Gasteiger partial charge in [-0.05, 0) is 38.0 Å². The fraction of sp³-hybridized carbons (Fsp3) is 0.458. The molecule has 1 aromatic carbocycles. The highest BCUT2D eigenvalue weighted by Gasteiger charge is 2.46. The van der Waals surface area contributed by atoms with E-state index < -0.39 is 20.2 Å². The summed E-state index contributed by atoms with van der Waals surface area (Å²) in [5.74, 6) is -0.281. The summed E-state index contributed by atoms with van der Waals surface area (Å²) in [5.41, 5.74) is -3.39. The first-order chi connectivity index (χ1) is 18.0. The molecule has 1 aliphatic heterocycles. The molecule has 3 heterocycles. The molecule has 0 aliphatic carbocycles. The maximum absolute atomic E-state index is 13.4. The molecule has 0 atom stereocenters. The zero-order chi connectivity index (χ0) is 27.5. The van der Waals surface area contributed by atoms with Gasteiger partial charge in [-0.25, -0.2) is 18.4 Å². The van der Waals surface area contributed by atoms with E-state index in [9.17, 15) is 26.4 Å². The monoisotopic (exact) mass is 588 g/mol. The van der Waals surface area contributed by atoms with Crippen LogP contribution in [0.15, 0.2) is 34.5 Å². The van der Waals surface area contributed by atoms with Crippen molar-refractivity contribution in [2.45, 2.75) is 37.1 Å². The van der Waals surface area contributed by atoms with Gasteiger partial charge in [0.15, 0.2) is 5.13 Å². The van der Waals surface area contributed by atoms with E-state index in [1.54, 1.807) is 4.90 Å². The predicted octanol–water partition coefficient (Wildman–Crippen LogP) is 4.47. The van der Waals surface area contributed by atoms with E-state index in [0.29, 0.717) is 36.9 Å². The lowest BCUT2D eigenvalue weighted by atomic mass is 10.1.